The summed E-state index contributed by atoms with van der Waals surface area (Å²) in [6.45, 7) is -0.636. The summed E-state index contributed by atoms with van der Waals surface area (Å²) in [7, 11) is -1.06. The van der Waals surface area contributed by atoms with Gasteiger partial charge in [-0.3, -0.25) is 4.79 Å². The fourth-order valence-electron chi connectivity index (χ4n) is 1.46. The highest BCUT2D eigenvalue weighted by molar-refractivity contribution is 7.89. The van der Waals surface area contributed by atoms with Crippen LogP contribution in [0.15, 0.2) is 29.2 Å². The zero-order valence-corrected chi connectivity index (χ0v) is 12.1. The molecule has 0 saturated heterocycles. The molecule has 0 unspecified atom stereocenters. The Hall–Kier alpha value is -1.88. The number of nitrogens with one attached hydrogen (secondary N) is 1. The molecule has 0 aliphatic carbocycles. The van der Waals surface area contributed by atoms with Crippen molar-refractivity contribution in [2.24, 2.45) is 0 Å². The number of carbonyl (C=O) groups excluding carboxylic acids is 1. The first-order valence-corrected chi connectivity index (χ1v) is 7.23. The Bertz CT molecular complexity index is 644. The number of rotatable bonds is 4. The van der Waals surface area contributed by atoms with Crippen LogP contribution in [0.2, 0.25) is 0 Å². The topological polar surface area (TPSA) is 86.7 Å². The molecule has 0 radical (unpaired) electrons. The molecule has 6 nitrogen and oxygen atoms in total. The highest BCUT2D eigenvalue weighted by Gasteiger charge is 2.24. The number of hydrogen-bond donors (Lipinski definition) is 2. The fourth-order valence-corrected chi connectivity index (χ4v) is 2.73. The molecule has 1 aromatic rings. The standard InChI is InChI=1S/C13H16N2O4S/c1-14-13(17)10-15(2)20(18,19)12-8-4-3-6-11(12)7-5-9-16/h3-4,6,8,16H,9-10H2,1-2H3,(H,14,17). The van der Waals surface area contributed by atoms with Crippen molar-refractivity contribution in [3.05, 3.63) is 29.8 Å². The van der Waals surface area contributed by atoms with Crippen molar-refractivity contribution in [1.29, 1.82) is 0 Å². The predicted octanol–water partition coefficient (Wildman–Crippen LogP) is -0.603. The van der Waals surface area contributed by atoms with Crippen molar-refractivity contribution in [2.75, 3.05) is 27.2 Å². The maximum Gasteiger partial charge on any atom is 0.244 e. The van der Waals surface area contributed by atoms with Gasteiger partial charge in [0, 0.05) is 19.7 Å². The average Bonchev–Trinajstić information content (AvgIpc) is 2.45. The minimum absolute atomic E-state index is 0.00681. The molecule has 1 amide bonds. The second-order valence-electron chi connectivity index (χ2n) is 3.89. The number of amides is 1. The minimum Gasteiger partial charge on any atom is -0.384 e. The summed E-state index contributed by atoms with van der Waals surface area (Å²) in [5.41, 5.74) is 0.283. The molecule has 108 valence electrons. The molecule has 0 heterocycles. The van der Waals surface area contributed by atoms with Gasteiger partial charge in [0.25, 0.3) is 0 Å². The highest BCUT2D eigenvalue weighted by Crippen LogP contribution is 2.18. The molecule has 0 aromatic heterocycles. The minimum atomic E-state index is -3.82. The zero-order chi connectivity index (χ0) is 15.2. The predicted molar refractivity (Wildman–Crippen MR) is 74.3 cm³/mol. The number of benzene rings is 1. The summed E-state index contributed by atoms with van der Waals surface area (Å²) in [5, 5.41) is 11.1. The summed E-state index contributed by atoms with van der Waals surface area (Å²) in [6.07, 6.45) is 0. The molecule has 0 saturated carbocycles. The van der Waals surface area contributed by atoms with Crippen molar-refractivity contribution >= 4 is 15.9 Å². The molecular weight excluding hydrogens is 280 g/mol. The lowest BCUT2D eigenvalue weighted by Gasteiger charge is -2.17. The Balaban J connectivity index is 3.19. The van der Waals surface area contributed by atoms with Crippen LogP contribution in [0, 0.1) is 11.8 Å². The third-order valence-electron chi connectivity index (χ3n) is 2.52. The monoisotopic (exact) mass is 296 g/mol. The number of aliphatic hydroxyl groups is 1. The van der Waals surface area contributed by atoms with E-state index in [1.165, 1.54) is 20.2 Å². The van der Waals surface area contributed by atoms with Crippen molar-refractivity contribution in [3.8, 4) is 11.8 Å². The molecule has 0 spiro atoms. The van der Waals surface area contributed by atoms with Crippen molar-refractivity contribution in [1.82, 2.24) is 9.62 Å². The first kappa shape index (κ1) is 16.2. The maximum atomic E-state index is 12.4. The van der Waals surface area contributed by atoms with Crippen LogP contribution in [0.5, 0.6) is 0 Å². The molecule has 2 N–H and O–H groups in total. The van der Waals surface area contributed by atoms with Gasteiger partial charge in [0.15, 0.2) is 0 Å². The van der Waals surface area contributed by atoms with Crippen LogP contribution in [0.3, 0.4) is 0 Å². The Morgan fingerprint density at radius 2 is 2.05 bits per heavy atom. The Morgan fingerprint density at radius 1 is 1.40 bits per heavy atom. The number of aliphatic hydroxyl groups excluding tert-OH is 1. The summed E-state index contributed by atoms with van der Waals surface area (Å²) in [5.74, 6) is 4.59. The largest absolute Gasteiger partial charge is 0.384 e. The van der Waals surface area contributed by atoms with Gasteiger partial charge in [0.2, 0.25) is 15.9 Å². The van der Waals surface area contributed by atoms with Crippen LogP contribution < -0.4 is 5.32 Å². The van der Waals surface area contributed by atoms with Gasteiger partial charge < -0.3 is 10.4 Å². The van der Waals surface area contributed by atoms with Crippen LogP contribution in [0.25, 0.3) is 0 Å². The number of hydrogen-bond acceptors (Lipinski definition) is 4. The summed E-state index contributed by atoms with van der Waals surface area (Å²) < 4.78 is 25.7. The van der Waals surface area contributed by atoms with Gasteiger partial charge in [-0.15, -0.1) is 0 Å². The number of carbonyl (C=O) groups is 1. The fraction of sp³-hybridized carbons (Fsp3) is 0.308. The van der Waals surface area contributed by atoms with Crippen LogP contribution in [0.1, 0.15) is 5.56 Å². The van der Waals surface area contributed by atoms with Gasteiger partial charge in [-0.2, -0.15) is 4.31 Å². The first-order valence-electron chi connectivity index (χ1n) is 5.79. The number of nitrogens with zero attached hydrogens (tertiary/aromatic N) is 1. The maximum absolute atomic E-state index is 12.4. The lowest BCUT2D eigenvalue weighted by Crippen LogP contribution is -2.37. The first-order chi connectivity index (χ1) is 9.43. The van der Waals surface area contributed by atoms with E-state index < -0.39 is 15.9 Å². The van der Waals surface area contributed by atoms with Gasteiger partial charge >= 0.3 is 0 Å². The summed E-state index contributed by atoms with van der Waals surface area (Å²) >= 11 is 0. The quantitative estimate of drug-likeness (QED) is 0.726. The molecule has 0 atom stereocenters. The van der Waals surface area contributed by atoms with Crippen molar-refractivity contribution in [2.45, 2.75) is 4.90 Å². The SMILES string of the molecule is CNC(=O)CN(C)S(=O)(=O)c1ccccc1C#CCO. The van der Waals surface area contributed by atoms with Gasteiger partial charge in [-0.05, 0) is 12.1 Å². The number of sulfonamides is 1. The van der Waals surface area contributed by atoms with Gasteiger partial charge in [-0.1, -0.05) is 24.0 Å². The van der Waals surface area contributed by atoms with E-state index in [1.54, 1.807) is 18.2 Å². The molecule has 0 fully saturated rings. The Labute approximate surface area is 118 Å². The third-order valence-corrected chi connectivity index (χ3v) is 4.38. The second-order valence-corrected chi connectivity index (χ2v) is 5.90. The second kappa shape index (κ2) is 7.05. The Kier molecular flexibility index (Phi) is 5.70. The summed E-state index contributed by atoms with van der Waals surface area (Å²) in [4.78, 5) is 11.3. The normalized spacial score (nSPS) is 10.8. The van der Waals surface area contributed by atoms with Crippen molar-refractivity contribution in [3.63, 3.8) is 0 Å². The van der Waals surface area contributed by atoms with Crippen LogP contribution in [0.4, 0.5) is 0 Å². The highest BCUT2D eigenvalue weighted by atomic mass is 32.2. The lowest BCUT2D eigenvalue weighted by atomic mass is 10.2. The zero-order valence-electron chi connectivity index (χ0n) is 11.3. The van der Waals surface area contributed by atoms with E-state index in [2.05, 4.69) is 17.2 Å². The van der Waals surface area contributed by atoms with Gasteiger partial charge in [0.05, 0.1) is 11.4 Å². The molecule has 7 heteroatoms. The molecule has 0 bridgehead atoms. The van der Waals surface area contributed by atoms with E-state index >= 15 is 0 Å². The average molecular weight is 296 g/mol. The molecule has 20 heavy (non-hydrogen) atoms. The van der Waals surface area contributed by atoms with E-state index in [4.69, 9.17) is 5.11 Å². The van der Waals surface area contributed by atoms with E-state index in [9.17, 15) is 13.2 Å². The summed E-state index contributed by atoms with van der Waals surface area (Å²) in [6, 6.07) is 6.18. The van der Waals surface area contributed by atoms with E-state index in [-0.39, 0.29) is 23.6 Å². The van der Waals surface area contributed by atoms with E-state index in [0.29, 0.717) is 0 Å². The molecule has 0 aliphatic heterocycles. The van der Waals surface area contributed by atoms with E-state index in [1.807, 2.05) is 0 Å². The molecule has 1 aromatic carbocycles. The van der Waals surface area contributed by atoms with Crippen LogP contribution in [-0.4, -0.2) is 51.0 Å². The van der Waals surface area contributed by atoms with E-state index in [0.717, 1.165) is 4.31 Å². The van der Waals surface area contributed by atoms with Gasteiger partial charge in [-0.25, -0.2) is 8.42 Å². The Morgan fingerprint density at radius 3 is 2.65 bits per heavy atom. The molecule has 1 rings (SSSR count). The smallest absolute Gasteiger partial charge is 0.244 e. The third kappa shape index (κ3) is 3.81. The van der Waals surface area contributed by atoms with Crippen LogP contribution >= 0.6 is 0 Å². The van der Waals surface area contributed by atoms with Crippen molar-refractivity contribution < 1.29 is 18.3 Å². The van der Waals surface area contributed by atoms with Crippen LogP contribution in [-0.2, 0) is 14.8 Å². The number of likely N-dealkylation sites (N-methyl/N-ethyl adjacent to an activating group) is 2. The molecular formula is C13H16N2O4S. The lowest BCUT2D eigenvalue weighted by molar-refractivity contribution is -0.120. The van der Waals surface area contributed by atoms with Gasteiger partial charge in [0.1, 0.15) is 6.61 Å². The molecule has 0 aliphatic rings.